The molecule has 0 radical (unpaired) electrons. The monoisotopic (exact) mass is 375 g/mol. The van der Waals surface area contributed by atoms with Gasteiger partial charge >= 0.3 is 0 Å². The number of amides is 1. The minimum atomic E-state index is -1.18. The average molecular weight is 375 g/mol. The van der Waals surface area contributed by atoms with E-state index in [-0.39, 0.29) is 17.8 Å². The molecule has 0 aliphatic rings. The topological polar surface area (TPSA) is 70.1 Å². The highest BCUT2D eigenvalue weighted by atomic mass is 32.1. The molecule has 0 fully saturated rings. The lowest BCUT2D eigenvalue weighted by Gasteiger charge is -2.13. The predicted molar refractivity (Wildman–Crippen MR) is 94.6 cm³/mol. The molecule has 1 amide bonds. The normalized spacial score (nSPS) is 12.0. The minimum absolute atomic E-state index is 0.165. The first kappa shape index (κ1) is 18.0. The lowest BCUT2D eigenvalue weighted by Crippen LogP contribution is -2.30. The maximum absolute atomic E-state index is 13.3. The average Bonchev–Trinajstić information content (AvgIpc) is 3.04. The Balaban J connectivity index is 1.75. The number of hydrogen-bond donors (Lipinski definition) is 3. The number of benzene rings is 2. The zero-order chi connectivity index (χ0) is 18.7. The molecule has 0 aliphatic heterocycles. The quantitative estimate of drug-likeness (QED) is 0.600. The third-order valence-corrected chi connectivity index (χ3v) is 4.11. The van der Waals surface area contributed by atoms with Gasteiger partial charge in [-0.05, 0) is 42.0 Å². The van der Waals surface area contributed by atoms with Crippen LogP contribution in [0.15, 0.2) is 54.7 Å². The molecule has 3 N–H and O–H groups in total. The Hall–Kier alpha value is -2.84. The van der Waals surface area contributed by atoms with Crippen molar-refractivity contribution in [2.24, 2.45) is 0 Å². The fourth-order valence-electron chi connectivity index (χ4n) is 2.49. The van der Waals surface area contributed by atoms with Gasteiger partial charge in [-0.1, -0.05) is 24.3 Å². The van der Waals surface area contributed by atoms with E-state index in [0.29, 0.717) is 10.5 Å². The largest absolute Gasteiger partial charge is 0.387 e. The van der Waals surface area contributed by atoms with Gasteiger partial charge in [0, 0.05) is 18.4 Å². The Morgan fingerprint density at radius 2 is 1.92 bits per heavy atom. The number of carbonyl (C=O) groups is 1. The van der Waals surface area contributed by atoms with Crippen LogP contribution in [-0.4, -0.2) is 27.1 Å². The maximum atomic E-state index is 13.3. The Labute approximate surface area is 152 Å². The molecule has 0 unspecified atom stereocenters. The number of hydrogen-bond acceptors (Lipinski definition) is 3. The number of aromatic nitrogens is 2. The van der Waals surface area contributed by atoms with E-state index < -0.39 is 23.6 Å². The van der Waals surface area contributed by atoms with Gasteiger partial charge in [0.1, 0.15) is 5.69 Å². The third-order valence-electron chi connectivity index (χ3n) is 3.81. The lowest BCUT2D eigenvalue weighted by molar-refractivity contribution is 0.0909. The summed E-state index contributed by atoms with van der Waals surface area (Å²) in [6.45, 7) is -0.170. The second-order valence-electron chi connectivity index (χ2n) is 5.55. The summed E-state index contributed by atoms with van der Waals surface area (Å²) >= 11 is 5.21. The SMILES string of the molecule is O=C(NC[C@H](O)c1ccc(F)c(F)c1)c1c[nH]c(=S)n1-c1ccccc1. The van der Waals surface area contributed by atoms with Crippen LogP contribution in [0.2, 0.25) is 0 Å². The van der Waals surface area contributed by atoms with Gasteiger partial charge in [-0.3, -0.25) is 9.36 Å². The molecule has 0 bridgehead atoms. The summed E-state index contributed by atoms with van der Waals surface area (Å²) in [7, 11) is 0. The molecule has 3 aromatic rings. The molecule has 1 aromatic heterocycles. The van der Waals surface area contributed by atoms with Gasteiger partial charge in [0.15, 0.2) is 16.4 Å². The molecular formula is C18H15F2N3O2S. The van der Waals surface area contributed by atoms with E-state index >= 15 is 0 Å². The highest BCUT2D eigenvalue weighted by Gasteiger charge is 2.17. The summed E-state index contributed by atoms with van der Waals surface area (Å²) in [5.74, 6) is -2.53. The number of nitrogens with zero attached hydrogens (tertiary/aromatic N) is 1. The van der Waals surface area contributed by atoms with Crippen molar-refractivity contribution >= 4 is 18.1 Å². The Morgan fingerprint density at radius 1 is 1.19 bits per heavy atom. The highest BCUT2D eigenvalue weighted by molar-refractivity contribution is 7.71. The molecule has 0 aliphatic carbocycles. The standard InChI is InChI=1S/C18H15F2N3O2S/c19-13-7-6-11(8-14(13)20)16(24)10-21-17(25)15-9-22-18(26)23(15)12-4-2-1-3-5-12/h1-9,16,24H,10H2,(H,21,25)(H,22,26)/t16-/m0/s1. The second kappa shape index (κ2) is 7.59. The highest BCUT2D eigenvalue weighted by Crippen LogP contribution is 2.16. The first-order valence-corrected chi connectivity index (χ1v) is 8.15. The molecule has 1 atom stereocenters. The smallest absolute Gasteiger partial charge is 0.269 e. The number of nitrogens with one attached hydrogen (secondary N) is 2. The van der Waals surface area contributed by atoms with Crippen LogP contribution < -0.4 is 5.32 Å². The summed E-state index contributed by atoms with van der Waals surface area (Å²) in [4.78, 5) is 15.3. The van der Waals surface area contributed by atoms with Crippen LogP contribution in [0.5, 0.6) is 0 Å². The Kier molecular flexibility index (Phi) is 5.24. The van der Waals surface area contributed by atoms with Gasteiger partial charge in [-0.2, -0.15) is 0 Å². The summed E-state index contributed by atoms with van der Waals surface area (Å²) in [6, 6.07) is 12.2. The van der Waals surface area contributed by atoms with Crippen molar-refractivity contribution < 1.29 is 18.7 Å². The van der Waals surface area contributed by atoms with Crippen molar-refractivity contribution in [3.63, 3.8) is 0 Å². The zero-order valence-corrected chi connectivity index (χ0v) is 14.3. The summed E-state index contributed by atoms with van der Waals surface area (Å²) in [5, 5.41) is 12.6. The molecular weight excluding hydrogens is 360 g/mol. The maximum Gasteiger partial charge on any atom is 0.269 e. The third kappa shape index (κ3) is 3.71. The fraction of sp³-hybridized carbons (Fsp3) is 0.111. The number of carbonyl (C=O) groups excluding carboxylic acids is 1. The molecule has 3 rings (SSSR count). The van der Waals surface area contributed by atoms with Crippen molar-refractivity contribution in [1.82, 2.24) is 14.9 Å². The number of rotatable bonds is 5. The number of para-hydroxylation sites is 1. The van der Waals surface area contributed by atoms with Crippen molar-refractivity contribution in [3.8, 4) is 5.69 Å². The van der Waals surface area contributed by atoms with Crippen LogP contribution in [0.3, 0.4) is 0 Å². The van der Waals surface area contributed by atoms with Crippen LogP contribution in [-0.2, 0) is 0 Å². The summed E-state index contributed by atoms with van der Waals surface area (Å²) in [6.07, 6.45) is 0.287. The number of aliphatic hydroxyl groups is 1. The van der Waals surface area contributed by atoms with Crippen LogP contribution in [0.25, 0.3) is 5.69 Å². The predicted octanol–water partition coefficient (Wildman–Crippen LogP) is 3.28. The van der Waals surface area contributed by atoms with E-state index in [9.17, 15) is 18.7 Å². The number of imidazole rings is 1. The number of H-pyrrole nitrogens is 1. The van der Waals surface area contributed by atoms with Gasteiger partial charge in [-0.15, -0.1) is 0 Å². The molecule has 2 aromatic carbocycles. The first-order chi connectivity index (χ1) is 12.5. The fourth-order valence-corrected chi connectivity index (χ4v) is 2.75. The van der Waals surface area contributed by atoms with Crippen LogP contribution >= 0.6 is 12.2 Å². The molecule has 0 saturated heterocycles. The van der Waals surface area contributed by atoms with Gasteiger partial charge in [-0.25, -0.2) is 8.78 Å². The van der Waals surface area contributed by atoms with Gasteiger partial charge in [0.05, 0.1) is 6.10 Å². The molecule has 8 heteroatoms. The van der Waals surface area contributed by atoms with E-state index in [0.717, 1.165) is 12.1 Å². The minimum Gasteiger partial charge on any atom is -0.387 e. The molecule has 5 nitrogen and oxygen atoms in total. The Morgan fingerprint density at radius 3 is 2.62 bits per heavy atom. The summed E-state index contributed by atoms with van der Waals surface area (Å²) in [5.41, 5.74) is 1.14. The summed E-state index contributed by atoms with van der Waals surface area (Å²) < 4.78 is 28.1. The Bertz CT molecular complexity index is 986. The van der Waals surface area contributed by atoms with Crippen molar-refractivity contribution in [3.05, 3.63) is 82.4 Å². The molecule has 1 heterocycles. The van der Waals surface area contributed by atoms with E-state index in [1.165, 1.54) is 12.3 Å². The van der Waals surface area contributed by atoms with E-state index in [1.807, 2.05) is 18.2 Å². The van der Waals surface area contributed by atoms with Gasteiger partial charge < -0.3 is 15.4 Å². The molecule has 26 heavy (non-hydrogen) atoms. The van der Waals surface area contributed by atoms with Crippen LogP contribution in [0.4, 0.5) is 8.78 Å². The van der Waals surface area contributed by atoms with E-state index in [2.05, 4.69) is 10.3 Å². The van der Waals surface area contributed by atoms with Gasteiger partial charge in [0.25, 0.3) is 5.91 Å². The zero-order valence-electron chi connectivity index (χ0n) is 13.4. The molecule has 0 saturated carbocycles. The lowest BCUT2D eigenvalue weighted by atomic mass is 10.1. The van der Waals surface area contributed by atoms with Crippen LogP contribution in [0, 0.1) is 16.4 Å². The van der Waals surface area contributed by atoms with E-state index in [4.69, 9.17) is 12.2 Å². The van der Waals surface area contributed by atoms with Crippen molar-refractivity contribution in [2.75, 3.05) is 6.54 Å². The van der Waals surface area contributed by atoms with Crippen LogP contribution in [0.1, 0.15) is 22.2 Å². The van der Waals surface area contributed by atoms with E-state index in [1.54, 1.807) is 16.7 Å². The number of aromatic amines is 1. The molecule has 134 valence electrons. The second-order valence-corrected chi connectivity index (χ2v) is 5.94. The van der Waals surface area contributed by atoms with Gasteiger partial charge in [0.2, 0.25) is 0 Å². The van der Waals surface area contributed by atoms with Crippen molar-refractivity contribution in [1.29, 1.82) is 0 Å². The first-order valence-electron chi connectivity index (χ1n) is 7.74. The molecule has 0 spiro atoms. The number of halogens is 2. The van der Waals surface area contributed by atoms with Crippen molar-refractivity contribution in [2.45, 2.75) is 6.10 Å². The number of aliphatic hydroxyl groups excluding tert-OH is 1.